The summed E-state index contributed by atoms with van der Waals surface area (Å²) in [6.45, 7) is 6.04. The first-order valence-electron chi connectivity index (χ1n) is 5.88. The van der Waals surface area contributed by atoms with Gasteiger partial charge < -0.3 is 0 Å². The lowest BCUT2D eigenvalue weighted by molar-refractivity contribution is -0.206. The molecule has 2 rings (SSSR count). The third kappa shape index (κ3) is 3.16. The van der Waals surface area contributed by atoms with E-state index in [-0.39, 0.29) is 11.6 Å². The van der Waals surface area contributed by atoms with Crippen LogP contribution in [0.4, 0.5) is 0 Å². The van der Waals surface area contributed by atoms with Crippen molar-refractivity contribution in [2.24, 2.45) is 5.16 Å². The van der Waals surface area contributed by atoms with Gasteiger partial charge in [0, 0.05) is 0 Å². The largest absolute Gasteiger partial charge is 0.295 e. The predicted molar refractivity (Wildman–Crippen MR) is 79.6 cm³/mol. The molecule has 1 heterocycles. The van der Waals surface area contributed by atoms with E-state index in [0.29, 0.717) is 5.71 Å². The average molecular weight is 322 g/mol. The van der Waals surface area contributed by atoms with Crippen molar-refractivity contribution < 1.29 is 4.94 Å². The molecule has 0 aliphatic carbocycles. The first kappa shape index (κ1) is 14.9. The van der Waals surface area contributed by atoms with Crippen molar-refractivity contribution in [1.29, 1.82) is 0 Å². The SMILES string of the molecule is CC(C)(C)N1ON=C(C(Cl)(Cl)Cl)C1c1ccccc1. The number of nitrogens with zero attached hydrogens (tertiary/aromatic N) is 2. The lowest BCUT2D eigenvalue weighted by Crippen LogP contribution is -2.43. The number of oxime groups is 1. The van der Waals surface area contributed by atoms with Crippen LogP contribution in [0.15, 0.2) is 35.5 Å². The molecule has 1 unspecified atom stereocenters. The van der Waals surface area contributed by atoms with Crippen molar-refractivity contribution in [2.45, 2.75) is 36.1 Å². The minimum absolute atomic E-state index is 0.276. The molecule has 0 saturated carbocycles. The Morgan fingerprint density at radius 3 is 2.16 bits per heavy atom. The fraction of sp³-hybridized carbons (Fsp3) is 0.462. The monoisotopic (exact) mass is 320 g/mol. The van der Waals surface area contributed by atoms with Crippen LogP contribution in [-0.4, -0.2) is 20.1 Å². The van der Waals surface area contributed by atoms with Crippen molar-refractivity contribution in [3.63, 3.8) is 0 Å². The van der Waals surface area contributed by atoms with Crippen molar-refractivity contribution in [3.05, 3.63) is 35.9 Å². The second-order valence-corrected chi connectivity index (χ2v) is 7.65. The number of hydrogen-bond acceptors (Lipinski definition) is 3. The maximum atomic E-state index is 5.99. The van der Waals surface area contributed by atoms with Gasteiger partial charge in [-0.15, -0.1) is 0 Å². The fourth-order valence-electron chi connectivity index (χ4n) is 1.94. The van der Waals surface area contributed by atoms with E-state index in [0.717, 1.165) is 5.56 Å². The van der Waals surface area contributed by atoms with Crippen LogP contribution in [0.25, 0.3) is 0 Å². The molecule has 1 aliphatic rings. The smallest absolute Gasteiger partial charge is 0.234 e. The van der Waals surface area contributed by atoms with Crippen LogP contribution >= 0.6 is 34.8 Å². The van der Waals surface area contributed by atoms with Gasteiger partial charge in [0.1, 0.15) is 11.8 Å². The van der Waals surface area contributed by atoms with Gasteiger partial charge >= 0.3 is 0 Å². The van der Waals surface area contributed by atoms with E-state index in [1.165, 1.54) is 0 Å². The number of hydroxylamine groups is 2. The van der Waals surface area contributed by atoms with E-state index in [1.807, 2.05) is 51.1 Å². The normalized spacial score (nSPS) is 21.2. The van der Waals surface area contributed by atoms with Gasteiger partial charge in [-0.3, -0.25) is 4.94 Å². The van der Waals surface area contributed by atoms with Crippen LogP contribution in [0, 0.1) is 0 Å². The second-order valence-electron chi connectivity index (χ2n) is 5.37. The zero-order valence-electron chi connectivity index (χ0n) is 10.9. The van der Waals surface area contributed by atoms with Gasteiger partial charge in [-0.2, -0.15) is 0 Å². The maximum Gasteiger partial charge on any atom is 0.234 e. The second kappa shape index (κ2) is 5.13. The molecular weight excluding hydrogens is 307 g/mol. The van der Waals surface area contributed by atoms with Crippen LogP contribution in [0.3, 0.4) is 0 Å². The van der Waals surface area contributed by atoms with Crippen LogP contribution in [0.5, 0.6) is 0 Å². The summed E-state index contributed by atoms with van der Waals surface area (Å²) < 4.78 is -1.60. The zero-order chi connectivity index (χ0) is 14.3. The third-order valence-electron chi connectivity index (χ3n) is 2.79. The van der Waals surface area contributed by atoms with Crippen LogP contribution in [0.1, 0.15) is 32.4 Å². The van der Waals surface area contributed by atoms with Gasteiger partial charge in [0.05, 0.1) is 5.54 Å². The number of halogens is 3. The maximum absolute atomic E-state index is 5.99. The molecule has 104 valence electrons. The summed E-state index contributed by atoms with van der Waals surface area (Å²) in [5.74, 6) is 0. The van der Waals surface area contributed by atoms with Crippen molar-refractivity contribution in [2.75, 3.05) is 0 Å². The molecule has 0 saturated heterocycles. The Hall–Kier alpha value is -0.480. The topological polar surface area (TPSA) is 24.8 Å². The molecule has 0 amide bonds. The Morgan fingerprint density at radius 1 is 1.11 bits per heavy atom. The molecule has 1 aliphatic heterocycles. The van der Waals surface area contributed by atoms with E-state index in [9.17, 15) is 0 Å². The molecule has 0 spiro atoms. The van der Waals surface area contributed by atoms with Crippen LogP contribution in [-0.2, 0) is 4.94 Å². The van der Waals surface area contributed by atoms with Gasteiger partial charge in [-0.05, 0) is 26.3 Å². The molecule has 0 bridgehead atoms. The molecule has 1 atom stereocenters. The van der Waals surface area contributed by atoms with Crippen LogP contribution in [0.2, 0.25) is 0 Å². The highest BCUT2D eigenvalue weighted by atomic mass is 35.6. The molecule has 0 aromatic heterocycles. The van der Waals surface area contributed by atoms with Gasteiger partial charge in [0.2, 0.25) is 3.79 Å². The third-order valence-corrected chi connectivity index (χ3v) is 3.37. The average Bonchev–Trinajstić information content (AvgIpc) is 2.73. The molecule has 19 heavy (non-hydrogen) atoms. The van der Waals surface area contributed by atoms with E-state index in [1.54, 1.807) is 5.06 Å². The number of benzene rings is 1. The first-order chi connectivity index (χ1) is 8.71. The lowest BCUT2D eigenvalue weighted by atomic mass is 9.98. The Labute approximate surface area is 128 Å². The predicted octanol–water partition coefficient (Wildman–Crippen LogP) is 4.50. The number of hydrogen-bond donors (Lipinski definition) is 0. The Kier molecular flexibility index (Phi) is 4.03. The molecular formula is C13H15Cl3N2O. The minimum Gasteiger partial charge on any atom is -0.295 e. The van der Waals surface area contributed by atoms with Gasteiger partial charge in [0.25, 0.3) is 0 Å². The molecule has 0 fully saturated rings. The van der Waals surface area contributed by atoms with Gasteiger partial charge in [-0.25, -0.2) is 0 Å². The van der Waals surface area contributed by atoms with E-state index < -0.39 is 3.79 Å². The van der Waals surface area contributed by atoms with Crippen LogP contribution < -0.4 is 0 Å². The highest BCUT2D eigenvalue weighted by Crippen LogP contribution is 2.42. The molecule has 1 aromatic rings. The minimum atomic E-state index is -1.60. The number of alkyl halides is 3. The van der Waals surface area contributed by atoms with E-state index in [4.69, 9.17) is 39.7 Å². The van der Waals surface area contributed by atoms with Crippen molar-refractivity contribution >= 4 is 40.5 Å². The zero-order valence-corrected chi connectivity index (χ0v) is 13.2. The summed E-state index contributed by atoms with van der Waals surface area (Å²) in [6.07, 6.45) is 0. The van der Waals surface area contributed by atoms with E-state index >= 15 is 0 Å². The fourth-order valence-corrected chi connectivity index (χ4v) is 2.35. The molecule has 0 N–H and O–H groups in total. The summed E-state index contributed by atoms with van der Waals surface area (Å²) in [5.41, 5.74) is 1.07. The highest BCUT2D eigenvalue weighted by Gasteiger charge is 2.47. The summed E-state index contributed by atoms with van der Waals surface area (Å²) in [4.78, 5) is 5.39. The van der Waals surface area contributed by atoms with Gasteiger partial charge in [-0.1, -0.05) is 75.4 Å². The van der Waals surface area contributed by atoms with Crippen molar-refractivity contribution in [3.8, 4) is 0 Å². The molecule has 0 radical (unpaired) electrons. The summed E-state index contributed by atoms with van der Waals surface area (Å²) in [7, 11) is 0. The Balaban J connectivity index is 2.44. The molecule has 3 nitrogen and oxygen atoms in total. The summed E-state index contributed by atoms with van der Waals surface area (Å²) >= 11 is 18.0. The first-order valence-corrected chi connectivity index (χ1v) is 7.01. The van der Waals surface area contributed by atoms with Gasteiger partial charge in [0.15, 0.2) is 0 Å². The summed E-state index contributed by atoms with van der Waals surface area (Å²) in [6, 6.07) is 9.42. The van der Waals surface area contributed by atoms with E-state index in [2.05, 4.69) is 5.16 Å². The Morgan fingerprint density at radius 2 is 1.68 bits per heavy atom. The van der Waals surface area contributed by atoms with Crippen molar-refractivity contribution in [1.82, 2.24) is 5.06 Å². The summed E-state index contributed by atoms with van der Waals surface area (Å²) in [5, 5.41) is 5.70. The quantitative estimate of drug-likeness (QED) is 0.711. The molecule has 6 heteroatoms. The lowest BCUT2D eigenvalue weighted by Gasteiger charge is -2.34. The molecule has 1 aromatic carbocycles. The Bertz CT molecular complexity index is 477. The number of rotatable bonds is 1. The highest BCUT2D eigenvalue weighted by molar-refractivity contribution is 6.77. The standard InChI is InChI=1S/C13H15Cl3N2O/c1-12(2,3)18-10(9-7-5-4-6-8-9)11(17-19-18)13(14,15)16/h4-8,10H,1-3H3.